The van der Waals surface area contributed by atoms with Gasteiger partial charge in [-0.3, -0.25) is 4.79 Å². The van der Waals surface area contributed by atoms with Crippen LogP contribution in [0.4, 0.5) is 0 Å². The van der Waals surface area contributed by atoms with Crippen molar-refractivity contribution >= 4 is 23.1 Å². The van der Waals surface area contributed by atoms with Crippen molar-refractivity contribution < 1.29 is 13.9 Å². The quantitative estimate of drug-likeness (QED) is 0.800. The van der Waals surface area contributed by atoms with Gasteiger partial charge in [0.1, 0.15) is 16.5 Å². The Morgan fingerprint density at radius 3 is 2.81 bits per heavy atom. The van der Waals surface area contributed by atoms with Crippen LogP contribution < -0.4 is 15.8 Å². The van der Waals surface area contributed by atoms with E-state index in [4.69, 9.17) is 27.1 Å². The molecule has 0 fully saturated rings. The molecular formula is C15H16N2O3S. The van der Waals surface area contributed by atoms with E-state index in [9.17, 15) is 4.79 Å². The van der Waals surface area contributed by atoms with Gasteiger partial charge in [0, 0.05) is 0 Å². The van der Waals surface area contributed by atoms with Crippen molar-refractivity contribution in [1.29, 1.82) is 0 Å². The summed E-state index contributed by atoms with van der Waals surface area (Å²) < 4.78 is 10.7. The Balaban J connectivity index is 1.91. The first kappa shape index (κ1) is 15.1. The van der Waals surface area contributed by atoms with Gasteiger partial charge in [-0.25, -0.2) is 0 Å². The number of hydrogen-bond acceptors (Lipinski definition) is 4. The number of ether oxygens (including phenoxy) is 1. The predicted octanol–water partition coefficient (Wildman–Crippen LogP) is 2.17. The number of thiocarbonyl (C=S) groups is 1. The normalized spacial score (nSPS) is 11.7. The van der Waals surface area contributed by atoms with Crippen LogP contribution >= 0.6 is 12.2 Å². The second-order valence-electron chi connectivity index (χ2n) is 4.45. The zero-order valence-corrected chi connectivity index (χ0v) is 12.4. The third kappa shape index (κ3) is 4.06. The summed E-state index contributed by atoms with van der Waals surface area (Å²) in [6, 6.07) is 10.4. The molecule has 0 radical (unpaired) electrons. The Labute approximate surface area is 128 Å². The Kier molecular flexibility index (Phi) is 4.94. The second kappa shape index (κ2) is 6.90. The Bertz CT molecular complexity index is 626. The van der Waals surface area contributed by atoms with Gasteiger partial charge in [-0.15, -0.1) is 0 Å². The maximum absolute atomic E-state index is 11.9. The van der Waals surface area contributed by atoms with E-state index in [1.165, 1.54) is 0 Å². The fraction of sp³-hybridized carbons (Fsp3) is 0.200. The number of nitrogens with one attached hydrogen (secondary N) is 1. The number of rotatable bonds is 6. The highest BCUT2D eigenvalue weighted by Crippen LogP contribution is 2.17. The number of nitrogens with two attached hydrogens (primary N) is 1. The van der Waals surface area contributed by atoms with Gasteiger partial charge in [-0.1, -0.05) is 24.4 Å². The van der Waals surface area contributed by atoms with E-state index in [1.54, 1.807) is 42.7 Å². The van der Waals surface area contributed by atoms with Crippen LogP contribution in [0.25, 0.3) is 0 Å². The monoisotopic (exact) mass is 304 g/mol. The first-order valence-electron chi connectivity index (χ1n) is 6.42. The predicted molar refractivity (Wildman–Crippen MR) is 83.1 cm³/mol. The highest BCUT2D eigenvalue weighted by molar-refractivity contribution is 7.80. The summed E-state index contributed by atoms with van der Waals surface area (Å²) in [5, 5.41) is 2.78. The Morgan fingerprint density at radius 2 is 2.14 bits per heavy atom. The van der Waals surface area contributed by atoms with E-state index in [1.807, 2.05) is 6.92 Å². The molecule has 0 spiro atoms. The maximum Gasteiger partial charge on any atom is 0.258 e. The molecule has 110 valence electrons. The summed E-state index contributed by atoms with van der Waals surface area (Å²) in [6.07, 6.45) is 1.56. The lowest BCUT2D eigenvalue weighted by molar-refractivity contribution is -0.123. The molecule has 1 unspecified atom stereocenters. The molecule has 2 aromatic rings. The number of furan rings is 1. The molecule has 1 amide bonds. The van der Waals surface area contributed by atoms with Gasteiger partial charge in [-0.2, -0.15) is 0 Å². The topological polar surface area (TPSA) is 77.5 Å². The maximum atomic E-state index is 11.9. The lowest BCUT2D eigenvalue weighted by atomic mass is 10.2. The molecule has 21 heavy (non-hydrogen) atoms. The highest BCUT2D eigenvalue weighted by Gasteiger charge is 2.13. The van der Waals surface area contributed by atoms with Crippen LogP contribution in [0.3, 0.4) is 0 Å². The number of benzene rings is 1. The Hall–Kier alpha value is -2.34. The van der Waals surface area contributed by atoms with E-state index < -0.39 is 0 Å². The number of amides is 1. The van der Waals surface area contributed by atoms with Gasteiger partial charge in [-0.05, 0) is 31.2 Å². The molecule has 1 heterocycles. The van der Waals surface area contributed by atoms with E-state index in [0.717, 1.165) is 0 Å². The SMILES string of the molecule is CC(NC(=O)COc1ccccc1C(N)=S)c1ccco1. The van der Waals surface area contributed by atoms with Crippen LogP contribution in [0.15, 0.2) is 47.1 Å². The zero-order chi connectivity index (χ0) is 15.2. The summed E-state index contributed by atoms with van der Waals surface area (Å²) in [5.74, 6) is 0.925. The summed E-state index contributed by atoms with van der Waals surface area (Å²) in [4.78, 5) is 12.1. The summed E-state index contributed by atoms with van der Waals surface area (Å²) in [5.41, 5.74) is 6.21. The van der Waals surface area contributed by atoms with E-state index in [2.05, 4.69) is 5.32 Å². The molecule has 0 aliphatic heterocycles. The molecule has 0 saturated heterocycles. The number of carbonyl (C=O) groups is 1. The third-order valence-corrected chi connectivity index (χ3v) is 3.08. The molecule has 1 aromatic carbocycles. The highest BCUT2D eigenvalue weighted by atomic mass is 32.1. The number of hydrogen-bond donors (Lipinski definition) is 2. The average molecular weight is 304 g/mol. The van der Waals surface area contributed by atoms with Gasteiger partial charge in [0.2, 0.25) is 0 Å². The zero-order valence-electron chi connectivity index (χ0n) is 11.5. The third-order valence-electron chi connectivity index (χ3n) is 2.86. The minimum absolute atomic E-state index is 0.120. The van der Waals surface area contributed by atoms with E-state index in [0.29, 0.717) is 17.1 Å². The van der Waals surface area contributed by atoms with E-state index >= 15 is 0 Å². The molecule has 0 bridgehead atoms. The first-order chi connectivity index (χ1) is 10.1. The van der Waals surface area contributed by atoms with Crippen molar-refractivity contribution in [3.05, 3.63) is 54.0 Å². The van der Waals surface area contributed by atoms with Crippen molar-refractivity contribution in [3.63, 3.8) is 0 Å². The van der Waals surface area contributed by atoms with Crippen molar-refractivity contribution in [2.45, 2.75) is 13.0 Å². The molecule has 1 atom stereocenters. The number of carbonyl (C=O) groups excluding carboxylic acids is 1. The lowest BCUT2D eigenvalue weighted by Crippen LogP contribution is -2.31. The first-order valence-corrected chi connectivity index (χ1v) is 6.83. The van der Waals surface area contributed by atoms with Crippen molar-refractivity contribution in [2.75, 3.05) is 6.61 Å². The average Bonchev–Trinajstić information content (AvgIpc) is 2.99. The van der Waals surface area contributed by atoms with Crippen LogP contribution in [0, 0.1) is 0 Å². The van der Waals surface area contributed by atoms with Crippen LogP contribution in [-0.4, -0.2) is 17.5 Å². The van der Waals surface area contributed by atoms with Crippen LogP contribution in [0.2, 0.25) is 0 Å². The van der Waals surface area contributed by atoms with Crippen LogP contribution in [-0.2, 0) is 4.79 Å². The van der Waals surface area contributed by atoms with Gasteiger partial charge < -0.3 is 20.2 Å². The standard InChI is InChI=1S/C15H16N2O3S/c1-10(12-7-4-8-19-12)17-14(18)9-20-13-6-3-2-5-11(13)15(16)21/h2-8,10H,9H2,1H3,(H2,16,21)(H,17,18). The fourth-order valence-electron chi connectivity index (χ4n) is 1.83. The summed E-state index contributed by atoms with van der Waals surface area (Å²) in [6.45, 7) is 1.71. The van der Waals surface area contributed by atoms with E-state index in [-0.39, 0.29) is 23.5 Å². The van der Waals surface area contributed by atoms with Gasteiger partial charge in [0.05, 0.1) is 17.9 Å². The van der Waals surface area contributed by atoms with Gasteiger partial charge >= 0.3 is 0 Å². The minimum Gasteiger partial charge on any atom is -0.483 e. The smallest absolute Gasteiger partial charge is 0.258 e. The van der Waals surface area contributed by atoms with Gasteiger partial charge in [0.15, 0.2) is 6.61 Å². The molecule has 6 heteroatoms. The molecule has 0 aliphatic rings. The van der Waals surface area contributed by atoms with Crippen molar-refractivity contribution in [1.82, 2.24) is 5.32 Å². The molecule has 0 saturated carbocycles. The molecule has 5 nitrogen and oxygen atoms in total. The molecule has 2 rings (SSSR count). The molecule has 3 N–H and O–H groups in total. The largest absolute Gasteiger partial charge is 0.483 e. The fourth-order valence-corrected chi connectivity index (χ4v) is 2.00. The summed E-state index contributed by atoms with van der Waals surface area (Å²) in [7, 11) is 0. The Morgan fingerprint density at radius 1 is 1.38 bits per heavy atom. The lowest BCUT2D eigenvalue weighted by Gasteiger charge is -2.13. The molecule has 1 aromatic heterocycles. The summed E-state index contributed by atoms with van der Waals surface area (Å²) >= 11 is 4.94. The van der Waals surface area contributed by atoms with Gasteiger partial charge in [0.25, 0.3) is 5.91 Å². The van der Waals surface area contributed by atoms with Crippen LogP contribution in [0.5, 0.6) is 5.75 Å². The molecular weight excluding hydrogens is 288 g/mol. The minimum atomic E-state index is -0.253. The number of para-hydroxylation sites is 1. The second-order valence-corrected chi connectivity index (χ2v) is 4.89. The van der Waals surface area contributed by atoms with Crippen molar-refractivity contribution in [3.8, 4) is 5.75 Å². The molecule has 0 aliphatic carbocycles. The van der Waals surface area contributed by atoms with Crippen molar-refractivity contribution in [2.24, 2.45) is 5.73 Å². The van der Waals surface area contributed by atoms with Crippen LogP contribution in [0.1, 0.15) is 24.3 Å².